The third-order valence-electron chi connectivity index (χ3n) is 2.98. The maximum absolute atomic E-state index is 11.4. The third kappa shape index (κ3) is 3.58. The zero-order valence-corrected chi connectivity index (χ0v) is 10.2. The highest BCUT2D eigenvalue weighted by Gasteiger charge is 2.29. The standard InChI is InChI=1S/C10H21NO2S/c1-10(2,14(3,12)13)8-11-7-6-9-4-5-9/h9,11H,4-8H2,1-3H3. The summed E-state index contributed by atoms with van der Waals surface area (Å²) in [6.45, 7) is 5.04. The van der Waals surface area contributed by atoms with Gasteiger partial charge >= 0.3 is 0 Å². The number of rotatable bonds is 6. The van der Waals surface area contributed by atoms with Gasteiger partial charge in [0, 0.05) is 12.8 Å². The Morgan fingerprint density at radius 1 is 1.36 bits per heavy atom. The van der Waals surface area contributed by atoms with Crippen molar-refractivity contribution in [2.24, 2.45) is 5.92 Å². The summed E-state index contributed by atoms with van der Waals surface area (Å²) in [5.74, 6) is 0.906. The molecule has 1 fully saturated rings. The first-order chi connectivity index (χ1) is 6.33. The third-order valence-corrected chi connectivity index (χ3v) is 5.13. The predicted molar refractivity (Wildman–Crippen MR) is 59.1 cm³/mol. The molecule has 0 unspecified atom stereocenters. The molecule has 4 heteroatoms. The largest absolute Gasteiger partial charge is 0.315 e. The van der Waals surface area contributed by atoms with Gasteiger partial charge < -0.3 is 5.32 Å². The quantitative estimate of drug-likeness (QED) is 0.683. The normalized spacial score (nSPS) is 18.5. The Labute approximate surface area is 87.2 Å². The van der Waals surface area contributed by atoms with Crippen molar-refractivity contribution >= 4 is 9.84 Å². The van der Waals surface area contributed by atoms with Crippen LogP contribution >= 0.6 is 0 Å². The molecule has 0 aliphatic heterocycles. The Bertz CT molecular complexity index is 278. The molecule has 0 amide bonds. The molecule has 0 atom stereocenters. The van der Waals surface area contributed by atoms with Crippen LogP contribution in [0.25, 0.3) is 0 Å². The molecule has 1 rings (SSSR count). The SMILES string of the molecule is CC(C)(CNCCC1CC1)S(C)(=O)=O. The van der Waals surface area contributed by atoms with E-state index in [1.165, 1.54) is 25.5 Å². The summed E-state index contributed by atoms with van der Waals surface area (Å²) < 4.78 is 22.1. The van der Waals surface area contributed by atoms with Crippen molar-refractivity contribution in [1.29, 1.82) is 0 Å². The molecule has 1 aliphatic rings. The number of hydrogen-bond donors (Lipinski definition) is 1. The van der Waals surface area contributed by atoms with Crippen LogP contribution in [0.15, 0.2) is 0 Å². The van der Waals surface area contributed by atoms with Gasteiger partial charge in [-0.3, -0.25) is 0 Å². The number of nitrogens with one attached hydrogen (secondary N) is 1. The maximum Gasteiger partial charge on any atom is 0.153 e. The zero-order chi connectivity index (χ0) is 10.8. The van der Waals surface area contributed by atoms with Gasteiger partial charge in [0.05, 0.1) is 4.75 Å². The molecule has 1 N–H and O–H groups in total. The molecule has 1 aliphatic carbocycles. The Morgan fingerprint density at radius 2 is 1.93 bits per heavy atom. The fourth-order valence-corrected chi connectivity index (χ4v) is 1.60. The number of hydrogen-bond acceptors (Lipinski definition) is 3. The van der Waals surface area contributed by atoms with Gasteiger partial charge in [-0.2, -0.15) is 0 Å². The summed E-state index contributed by atoms with van der Waals surface area (Å²) in [7, 11) is -2.95. The molecule has 3 nitrogen and oxygen atoms in total. The Balaban J connectivity index is 2.21. The van der Waals surface area contributed by atoms with E-state index >= 15 is 0 Å². The van der Waals surface area contributed by atoms with E-state index in [2.05, 4.69) is 5.32 Å². The van der Waals surface area contributed by atoms with Crippen LogP contribution in [0, 0.1) is 5.92 Å². The molecule has 0 bridgehead atoms. The average Bonchev–Trinajstić information content (AvgIpc) is 2.79. The average molecular weight is 219 g/mol. The van der Waals surface area contributed by atoms with Crippen LogP contribution in [-0.2, 0) is 9.84 Å². The maximum atomic E-state index is 11.4. The van der Waals surface area contributed by atoms with E-state index in [0.717, 1.165) is 12.5 Å². The van der Waals surface area contributed by atoms with Crippen LogP contribution < -0.4 is 5.32 Å². The molecule has 0 aromatic rings. The highest BCUT2D eigenvalue weighted by Crippen LogP contribution is 2.31. The van der Waals surface area contributed by atoms with E-state index < -0.39 is 14.6 Å². The molecule has 0 spiro atoms. The second-order valence-corrected chi connectivity index (χ2v) is 7.59. The highest BCUT2D eigenvalue weighted by molar-refractivity contribution is 7.92. The highest BCUT2D eigenvalue weighted by atomic mass is 32.2. The molecule has 0 aromatic carbocycles. The van der Waals surface area contributed by atoms with E-state index in [1.54, 1.807) is 13.8 Å². The van der Waals surface area contributed by atoms with Crippen LogP contribution in [-0.4, -0.2) is 32.5 Å². The number of sulfone groups is 1. The van der Waals surface area contributed by atoms with E-state index in [9.17, 15) is 8.42 Å². The summed E-state index contributed by atoms with van der Waals surface area (Å²) >= 11 is 0. The lowest BCUT2D eigenvalue weighted by molar-refractivity contribution is 0.512. The fraction of sp³-hybridized carbons (Fsp3) is 1.00. The van der Waals surface area contributed by atoms with Crippen LogP contribution in [0.5, 0.6) is 0 Å². The molecule has 0 radical (unpaired) electrons. The Hall–Kier alpha value is -0.0900. The van der Waals surface area contributed by atoms with Crippen LogP contribution in [0.1, 0.15) is 33.1 Å². The molecule has 84 valence electrons. The lowest BCUT2D eigenvalue weighted by Crippen LogP contribution is -2.42. The summed E-state index contributed by atoms with van der Waals surface area (Å²) in [6, 6.07) is 0. The zero-order valence-electron chi connectivity index (χ0n) is 9.34. The van der Waals surface area contributed by atoms with E-state index in [4.69, 9.17) is 0 Å². The molecule has 0 aromatic heterocycles. The second-order valence-electron chi connectivity index (χ2n) is 4.94. The van der Waals surface area contributed by atoms with Gasteiger partial charge in [0.1, 0.15) is 0 Å². The lowest BCUT2D eigenvalue weighted by atomic mass is 10.2. The first kappa shape index (κ1) is 12.0. The lowest BCUT2D eigenvalue weighted by Gasteiger charge is -2.22. The smallest absolute Gasteiger partial charge is 0.153 e. The summed E-state index contributed by atoms with van der Waals surface area (Å²) in [5.41, 5.74) is 0. The van der Waals surface area contributed by atoms with E-state index in [0.29, 0.717) is 6.54 Å². The Kier molecular flexibility index (Phi) is 3.58. The van der Waals surface area contributed by atoms with Crippen molar-refractivity contribution in [2.45, 2.75) is 37.9 Å². The molecular weight excluding hydrogens is 198 g/mol. The van der Waals surface area contributed by atoms with Crippen molar-refractivity contribution in [3.8, 4) is 0 Å². The van der Waals surface area contributed by atoms with Crippen LogP contribution in [0.2, 0.25) is 0 Å². The molecule has 1 saturated carbocycles. The van der Waals surface area contributed by atoms with Gasteiger partial charge in [0.15, 0.2) is 9.84 Å². The van der Waals surface area contributed by atoms with Gasteiger partial charge in [-0.05, 0) is 32.7 Å². The summed E-state index contributed by atoms with van der Waals surface area (Å²) in [6.07, 6.45) is 5.21. The first-order valence-electron chi connectivity index (χ1n) is 5.23. The van der Waals surface area contributed by atoms with Crippen molar-refractivity contribution in [2.75, 3.05) is 19.3 Å². The monoisotopic (exact) mass is 219 g/mol. The minimum Gasteiger partial charge on any atom is -0.315 e. The summed E-state index contributed by atoms with van der Waals surface area (Å²) in [4.78, 5) is 0. The minimum absolute atomic E-state index is 0.554. The van der Waals surface area contributed by atoms with Gasteiger partial charge in [-0.15, -0.1) is 0 Å². The topological polar surface area (TPSA) is 46.2 Å². The van der Waals surface area contributed by atoms with Crippen LogP contribution in [0.3, 0.4) is 0 Å². The fourth-order valence-electron chi connectivity index (χ4n) is 1.23. The molecule has 0 saturated heterocycles. The minimum atomic E-state index is -2.95. The van der Waals surface area contributed by atoms with E-state index in [-0.39, 0.29) is 0 Å². The molecular formula is C10H21NO2S. The second kappa shape index (κ2) is 4.19. The van der Waals surface area contributed by atoms with Crippen LogP contribution in [0.4, 0.5) is 0 Å². The van der Waals surface area contributed by atoms with E-state index in [1.807, 2.05) is 0 Å². The van der Waals surface area contributed by atoms with Crippen molar-refractivity contribution in [1.82, 2.24) is 5.32 Å². The van der Waals surface area contributed by atoms with Gasteiger partial charge in [0.25, 0.3) is 0 Å². The predicted octanol–water partition coefficient (Wildman–Crippen LogP) is 1.20. The van der Waals surface area contributed by atoms with Crippen molar-refractivity contribution in [3.05, 3.63) is 0 Å². The van der Waals surface area contributed by atoms with Gasteiger partial charge in [0.2, 0.25) is 0 Å². The molecule has 0 heterocycles. The summed E-state index contributed by atoms with van der Waals surface area (Å²) in [5, 5.41) is 3.22. The van der Waals surface area contributed by atoms with Crippen molar-refractivity contribution < 1.29 is 8.42 Å². The van der Waals surface area contributed by atoms with Gasteiger partial charge in [-0.1, -0.05) is 12.8 Å². The Morgan fingerprint density at radius 3 is 2.36 bits per heavy atom. The molecule has 14 heavy (non-hydrogen) atoms. The first-order valence-corrected chi connectivity index (χ1v) is 7.12. The van der Waals surface area contributed by atoms with Gasteiger partial charge in [-0.25, -0.2) is 8.42 Å². The van der Waals surface area contributed by atoms with Crippen molar-refractivity contribution in [3.63, 3.8) is 0 Å².